The summed E-state index contributed by atoms with van der Waals surface area (Å²) < 4.78 is 9.64. The first-order chi connectivity index (χ1) is 27.3. The van der Waals surface area contributed by atoms with Crippen LogP contribution in [0.15, 0.2) is 199 Å². The zero-order valence-electron chi connectivity index (χ0n) is 29.8. The fourth-order valence-electron chi connectivity index (χ4n) is 9.38. The largest absolute Gasteiger partial charge is 0.466 e. The Kier molecular flexibility index (Phi) is 6.40. The molecule has 0 unspecified atom stereocenters. The van der Waals surface area contributed by atoms with E-state index in [1.165, 1.54) is 55.2 Å². The summed E-state index contributed by atoms with van der Waals surface area (Å²) in [5, 5.41) is 3.54. The zero-order valence-corrected chi connectivity index (χ0v) is 29.8. The van der Waals surface area contributed by atoms with E-state index in [-0.39, 0.29) is 6.85 Å². The van der Waals surface area contributed by atoms with E-state index < -0.39 is 0 Å². The average molecular weight is 702 g/mol. The maximum absolute atomic E-state index is 7.06. The van der Waals surface area contributed by atoms with Crippen LogP contribution in [0.2, 0.25) is 0 Å². The Labute approximate surface area is 318 Å². The molecule has 0 saturated heterocycles. The van der Waals surface area contributed by atoms with Gasteiger partial charge in [0, 0.05) is 55.4 Å². The van der Waals surface area contributed by atoms with Gasteiger partial charge in [-0.3, -0.25) is 0 Å². The highest BCUT2D eigenvalue weighted by Crippen LogP contribution is 2.51. The first-order valence-corrected chi connectivity index (χ1v) is 18.9. The second-order valence-electron chi connectivity index (χ2n) is 14.4. The minimum absolute atomic E-state index is 0.180. The lowest BCUT2D eigenvalue weighted by Gasteiger charge is -2.38. The third-order valence-electron chi connectivity index (χ3n) is 11.5. The van der Waals surface area contributed by atoms with E-state index in [0.29, 0.717) is 0 Å². The number of fused-ring (bicyclic) bond motifs is 9. The van der Waals surface area contributed by atoms with Gasteiger partial charge in [-0.25, -0.2) is 0 Å². The number of benzene rings is 8. The minimum atomic E-state index is -0.180. The molecule has 0 saturated carbocycles. The summed E-state index contributed by atoms with van der Waals surface area (Å²) in [6, 6.07) is 69.9. The summed E-state index contributed by atoms with van der Waals surface area (Å²) in [5.41, 5.74) is 17.1. The quantitative estimate of drug-likeness (QED) is 0.167. The van der Waals surface area contributed by atoms with Gasteiger partial charge in [-0.05, 0) is 77.3 Å². The molecule has 2 aliphatic heterocycles. The lowest BCUT2D eigenvalue weighted by Crippen LogP contribution is -2.56. The Hall–Kier alpha value is -7.24. The van der Waals surface area contributed by atoms with Crippen molar-refractivity contribution in [2.45, 2.75) is 0 Å². The van der Waals surface area contributed by atoms with E-state index in [1.807, 2.05) is 0 Å². The Morgan fingerprint density at radius 1 is 0.491 bits per heavy atom. The molecule has 4 nitrogen and oxygen atoms in total. The number of hydrogen-bond acceptors (Lipinski definition) is 3. The van der Waals surface area contributed by atoms with Gasteiger partial charge in [0.15, 0.2) is 0 Å². The highest BCUT2D eigenvalue weighted by molar-refractivity contribution is 6.89. The molecule has 0 atom stereocenters. The molecule has 10 aromatic rings. The summed E-state index contributed by atoms with van der Waals surface area (Å²) in [4.78, 5) is 4.87. The van der Waals surface area contributed by atoms with Crippen LogP contribution in [0.4, 0.5) is 34.1 Å². The summed E-state index contributed by atoms with van der Waals surface area (Å²) in [7, 11) is 0. The van der Waals surface area contributed by atoms with Gasteiger partial charge in [0.25, 0.3) is 0 Å². The van der Waals surface area contributed by atoms with Crippen molar-refractivity contribution in [2.75, 3.05) is 9.80 Å². The molecule has 0 amide bonds. The highest BCUT2D eigenvalue weighted by atomic mass is 16.3. The molecule has 0 radical (unpaired) electrons. The first-order valence-electron chi connectivity index (χ1n) is 18.9. The molecule has 2 aromatic heterocycles. The van der Waals surface area contributed by atoms with Crippen molar-refractivity contribution in [1.82, 2.24) is 4.48 Å². The van der Waals surface area contributed by atoms with Crippen molar-refractivity contribution >= 4 is 84.9 Å². The third-order valence-corrected chi connectivity index (χ3v) is 11.5. The molecule has 5 heteroatoms. The van der Waals surface area contributed by atoms with Gasteiger partial charge in [-0.15, -0.1) is 0 Å². The Balaban J connectivity index is 1.21. The van der Waals surface area contributed by atoms with Crippen LogP contribution in [0.3, 0.4) is 0 Å². The fraction of sp³-hybridized carbons (Fsp3) is 0. The number of nitrogens with zero attached hydrogens (tertiary/aromatic N) is 3. The van der Waals surface area contributed by atoms with Gasteiger partial charge in [-0.2, -0.15) is 0 Å². The maximum atomic E-state index is 7.06. The van der Waals surface area contributed by atoms with Crippen molar-refractivity contribution in [3.05, 3.63) is 194 Å². The Morgan fingerprint density at radius 2 is 1.16 bits per heavy atom. The van der Waals surface area contributed by atoms with Crippen LogP contribution in [-0.2, 0) is 0 Å². The normalized spacial score (nSPS) is 12.7. The summed E-state index contributed by atoms with van der Waals surface area (Å²) in [6.07, 6.45) is 0. The van der Waals surface area contributed by atoms with Gasteiger partial charge in [0.2, 0.25) is 0 Å². The van der Waals surface area contributed by atoms with E-state index in [2.05, 4.69) is 208 Å². The monoisotopic (exact) mass is 701 g/mol. The molecule has 256 valence electrons. The lowest BCUT2D eigenvalue weighted by molar-refractivity contribution is 0.649. The lowest BCUT2D eigenvalue weighted by atomic mass is 9.47. The third kappa shape index (κ3) is 4.23. The van der Waals surface area contributed by atoms with E-state index >= 15 is 0 Å². The number of aromatic nitrogens is 1. The molecule has 2 aliphatic rings. The Bertz CT molecular complexity index is 3110. The van der Waals surface area contributed by atoms with E-state index in [0.717, 1.165) is 45.1 Å². The van der Waals surface area contributed by atoms with Crippen molar-refractivity contribution in [3.63, 3.8) is 0 Å². The molecular formula is C50H32BN3O. The van der Waals surface area contributed by atoms with Crippen LogP contribution in [0.25, 0.3) is 55.0 Å². The smallest absolute Gasteiger partial charge is 0.375 e. The fourth-order valence-corrected chi connectivity index (χ4v) is 9.38. The average Bonchev–Trinajstić information content (AvgIpc) is 3.81. The SMILES string of the molecule is c1ccc(-c2ccccc2N(c2ccccc2)c2ccc3c4c2c2ccccc2n4B2c4oc5ccccc5c4N(c4ccccc4)c4cccc-3c42)cc1. The van der Waals surface area contributed by atoms with Crippen LogP contribution < -0.4 is 20.9 Å². The van der Waals surface area contributed by atoms with Crippen molar-refractivity contribution < 1.29 is 4.42 Å². The Morgan fingerprint density at radius 3 is 2.00 bits per heavy atom. The van der Waals surface area contributed by atoms with Gasteiger partial charge in [0.05, 0.1) is 17.1 Å². The molecule has 0 aliphatic carbocycles. The van der Waals surface area contributed by atoms with Gasteiger partial charge in [-0.1, -0.05) is 133 Å². The summed E-state index contributed by atoms with van der Waals surface area (Å²) >= 11 is 0. The zero-order chi connectivity index (χ0) is 36.0. The van der Waals surface area contributed by atoms with Crippen molar-refractivity contribution in [3.8, 4) is 22.3 Å². The van der Waals surface area contributed by atoms with E-state index in [4.69, 9.17) is 4.42 Å². The van der Waals surface area contributed by atoms with Crippen LogP contribution >= 0.6 is 0 Å². The molecule has 0 fully saturated rings. The number of furan rings is 1. The number of para-hydroxylation sites is 5. The molecular weight excluding hydrogens is 669 g/mol. The van der Waals surface area contributed by atoms with Crippen molar-refractivity contribution in [2.24, 2.45) is 0 Å². The van der Waals surface area contributed by atoms with E-state index in [9.17, 15) is 0 Å². The first kappa shape index (κ1) is 30.2. The van der Waals surface area contributed by atoms with Gasteiger partial charge >= 0.3 is 6.85 Å². The topological polar surface area (TPSA) is 24.6 Å². The summed E-state index contributed by atoms with van der Waals surface area (Å²) in [5.74, 6) is 0. The van der Waals surface area contributed by atoms with Crippen LogP contribution in [0.1, 0.15) is 0 Å². The predicted octanol–water partition coefficient (Wildman–Crippen LogP) is 12.1. The maximum Gasteiger partial charge on any atom is 0.375 e. The van der Waals surface area contributed by atoms with Crippen LogP contribution in [0.5, 0.6) is 0 Å². The number of rotatable bonds is 5. The molecule has 12 rings (SSSR count). The van der Waals surface area contributed by atoms with Gasteiger partial charge < -0.3 is 18.7 Å². The molecule has 0 bridgehead atoms. The molecule has 55 heavy (non-hydrogen) atoms. The minimum Gasteiger partial charge on any atom is -0.466 e. The molecule has 0 N–H and O–H groups in total. The second kappa shape index (κ2) is 11.6. The van der Waals surface area contributed by atoms with Gasteiger partial charge in [0.1, 0.15) is 11.2 Å². The van der Waals surface area contributed by atoms with Crippen molar-refractivity contribution in [1.29, 1.82) is 0 Å². The molecule has 4 heterocycles. The second-order valence-corrected chi connectivity index (χ2v) is 14.4. The van der Waals surface area contributed by atoms with Crippen LogP contribution in [-0.4, -0.2) is 11.3 Å². The predicted molar refractivity (Wildman–Crippen MR) is 230 cm³/mol. The number of hydrogen-bond donors (Lipinski definition) is 0. The number of anilines is 6. The van der Waals surface area contributed by atoms with E-state index in [1.54, 1.807) is 0 Å². The molecule has 0 spiro atoms. The highest BCUT2D eigenvalue weighted by Gasteiger charge is 2.46. The van der Waals surface area contributed by atoms with Crippen LogP contribution in [0, 0.1) is 0 Å². The summed E-state index contributed by atoms with van der Waals surface area (Å²) in [6.45, 7) is -0.180. The standard InChI is InChI=1S/C50H32BN3O/c1-4-17-33(18-5-1)36-23-10-13-27-41(36)52(34-19-6-2-7-20-34)43-32-31-38-37-26-16-29-44-47(37)51(54-42-28-14-11-24-39(42)46(43)48(38)54)50-49(40-25-12-15-30-45(40)55-50)53(44)35-21-8-3-9-22-35/h1-32H. The molecule has 8 aromatic carbocycles.